The third-order valence-corrected chi connectivity index (χ3v) is 4.30. The molecule has 1 aliphatic carbocycles. The first-order valence-corrected chi connectivity index (χ1v) is 7.95. The molecule has 0 spiro atoms. The lowest BCUT2D eigenvalue weighted by atomic mass is 9.85. The first kappa shape index (κ1) is 18.1. The van der Waals surface area contributed by atoms with Crippen molar-refractivity contribution in [3.8, 4) is 6.07 Å². The van der Waals surface area contributed by atoms with Gasteiger partial charge in [0.1, 0.15) is 0 Å². The van der Waals surface area contributed by atoms with Crippen LogP contribution in [0.25, 0.3) is 0 Å². The van der Waals surface area contributed by atoms with Gasteiger partial charge in [0.05, 0.1) is 17.6 Å². The van der Waals surface area contributed by atoms with E-state index in [1.165, 1.54) is 0 Å². The number of hydrogen-bond donors (Lipinski definition) is 2. The molecule has 0 aliphatic heterocycles. The molecule has 130 valence electrons. The number of nitrogens with one attached hydrogen (secondary N) is 2. The summed E-state index contributed by atoms with van der Waals surface area (Å²) in [5, 5.41) is 15.1. The van der Waals surface area contributed by atoms with Crippen molar-refractivity contribution in [2.45, 2.75) is 44.4 Å². The summed E-state index contributed by atoms with van der Waals surface area (Å²) in [7, 11) is 1.63. The van der Waals surface area contributed by atoms with Gasteiger partial charge in [0, 0.05) is 19.6 Å². The number of alkyl halides is 3. The highest BCUT2D eigenvalue weighted by Crippen LogP contribution is 2.37. The van der Waals surface area contributed by atoms with E-state index in [-0.39, 0.29) is 18.9 Å². The Morgan fingerprint density at radius 2 is 1.83 bits per heavy atom. The minimum Gasteiger partial charge on any atom is -0.354 e. The van der Waals surface area contributed by atoms with Crippen molar-refractivity contribution < 1.29 is 13.2 Å². The summed E-state index contributed by atoms with van der Waals surface area (Å²) in [6.07, 6.45) is -2.79. The third-order valence-electron chi connectivity index (χ3n) is 4.30. The second-order valence-electron chi connectivity index (χ2n) is 5.97. The first-order valence-electron chi connectivity index (χ1n) is 7.95. The van der Waals surface area contributed by atoms with E-state index in [0.29, 0.717) is 30.9 Å². The van der Waals surface area contributed by atoms with Gasteiger partial charge in [-0.05, 0) is 43.4 Å². The fourth-order valence-electron chi connectivity index (χ4n) is 2.84. The number of nitriles is 1. The van der Waals surface area contributed by atoms with Crippen LogP contribution >= 0.6 is 0 Å². The van der Waals surface area contributed by atoms with Crippen molar-refractivity contribution in [1.29, 1.82) is 5.26 Å². The summed E-state index contributed by atoms with van der Waals surface area (Å²) in [5.41, 5.74) is 1.60. The molecule has 7 heteroatoms. The Morgan fingerprint density at radius 3 is 2.33 bits per heavy atom. The second-order valence-corrected chi connectivity index (χ2v) is 5.97. The van der Waals surface area contributed by atoms with E-state index in [4.69, 9.17) is 5.26 Å². The zero-order chi connectivity index (χ0) is 17.6. The molecule has 1 aromatic carbocycles. The highest BCUT2D eigenvalue weighted by molar-refractivity contribution is 5.79. The molecule has 0 saturated heterocycles. The summed E-state index contributed by atoms with van der Waals surface area (Å²) < 4.78 is 38.0. The molecule has 0 amide bonds. The van der Waals surface area contributed by atoms with Crippen LogP contribution in [0.4, 0.5) is 13.2 Å². The van der Waals surface area contributed by atoms with Crippen molar-refractivity contribution in [3.63, 3.8) is 0 Å². The van der Waals surface area contributed by atoms with Gasteiger partial charge in [0.15, 0.2) is 5.96 Å². The van der Waals surface area contributed by atoms with Gasteiger partial charge in [-0.3, -0.25) is 4.99 Å². The van der Waals surface area contributed by atoms with E-state index in [0.717, 1.165) is 5.56 Å². The van der Waals surface area contributed by atoms with E-state index in [1.807, 2.05) is 12.1 Å². The lowest BCUT2D eigenvalue weighted by molar-refractivity contribution is -0.182. The molecule has 0 unspecified atom stereocenters. The lowest BCUT2D eigenvalue weighted by Gasteiger charge is -2.31. The van der Waals surface area contributed by atoms with Gasteiger partial charge in [-0.1, -0.05) is 12.1 Å². The highest BCUT2D eigenvalue weighted by atomic mass is 19.4. The minimum absolute atomic E-state index is 0.00997. The molecule has 1 saturated carbocycles. The molecule has 4 nitrogen and oxygen atoms in total. The summed E-state index contributed by atoms with van der Waals surface area (Å²) in [6.45, 7) is 0.531. The van der Waals surface area contributed by atoms with Gasteiger partial charge in [-0.2, -0.15) is 18.4 Å². The molecule has 1 aromatic rings. The smallest absolute Gasteiger partial charge is 0.354 e. The molecule has 2 rings (SSSR count). The number of halogens is 3. The topological polar surface area (TPSA) is 60.2 Å². The highest BCUT2D eigenvalue weighted by Gasteiger charge is 2.41. The van der Waals surface area contributed by atoms with Crippen molar-refractivity contribution in [1.82, 2.24) is 10.6 Å². The van der Waals surface area contributed by atoms with Gasteiger partial charge < -0.3 is 10.6 Å². The van der Waals surface area contributed by atoms with Crippen LogP contribution in [0.5, 0.6) is 0 Å². The number of guanidine groups is 1. The van der Waals surface area contributed by atoms with Crippen molar-refractivity contribution in [2.75, 3.05) is 7.05 Å². The third kappa shape index (κ3) is 5.15. The number of benzene rings is 1. The Morgan fingerprint density at radius 1 is 1.21 bits per heavy atom. The Labute approximate surface area is 139 Å². The number of nitrogens with zero attached hydrogens (tertiary/aromatic N) is 2. The number of hydrogen-bond acceptors (Lipinski definition) is 2. The van der Waals surface area contributed by atoms with E-state index in [9.17, 15) is 13.2 Å². The van der Waals surface area contributed by atoms with Crippen molar-refractivity contribution >= 4 is 5.96 Å². The molecule has 0 radical (unpaired) electrons. The van der Waals surface area contributed by atoms with Crippen LogP contribution in [-0.4, -0.2) is 25.2 Å². The predicted octanol–water partition coefficient (Wildman–Crippen LogP) is 3.34. The Hall–Kier alpha value is -2.23. The summed E-state index contributed by atoms with van der Waals surface area (Å²) in [5.74, 6) is -0.598. The molecular formula is C17H21F3N4. The van der Waals surface area contributed by atoms with Gasteiger partial charge >= 0.3 is 6.18 Å². The van der Waals surface area contributed by atoms with Gasteiger partial charge in [-0.25, -0.2) is 0 Å². The van der Waals surface area contributed by atoms with E-state index < -0.39 is 12.1 Å². The molecule has 0 bridgehead atoms. The number of aliphatic imine (C=N–C) groups is 1. The first-order chi connectivity index (χ1) is 11.4. The molecule has 0 aromatic heterocycles. The zero-order valence-corrected chi connectivity index (χ0v) is 13.5. The minimum atomic E-state index is -4.08. The number of rotatable bonds is 3. The molecule has 0 heterocycles. The summed E-state index contributed by atoms with van der Waals surface area (Å²) >= 11 is 0. The summed E-state index contributed by atoms with van der Waals surface area (Å²) in [4.78, 5) is 4.12. The Balaban J connectivity index is 1.80. The standard InChI is InChI=1S/C17H21F3N4/c1-22-16(23-11-13-4-2-12(10-21)3-5-13)24-15-8-6-14(7-9-15)17(18,19)20/h2-5,14-15H,6-9,11H2,1H3,(H2,22,23,24). The van der Waals surface area contributed by atoms with Gasteiger partial charge in [0.25, 0.3) is 0 Å². The second kappa shape index (κ2) is 8.04. The normalized spacial score (nSPS) is 21.9. The maximum atomic E-state index is 12.7. The fraction of sp³-hybridized carbons (Fsp3) is 0.529. The SMILES string of the molecule is CN=C(NCc1ccc(C#N)cc1)NC1CCC(C(F)(F)F)CC1. The molecule has 24 heavy (non-hydrogen) atoms. The largest absolute Gasteiger partial charge is 0.391 e. The van der Waals surface area contributed by atoms with E-state index >= 15 is 0 Å². The van der Waals surface area contributed by atoms with E-state index in [1.54, 1.807) is 19.2 Å². The predicted molar refractivity (Wildman–Crippen MR) is 86.3 cm³/mol. The van der Waals surface area contributed by atoms with Crippen LogP contribution in [0.15, 0.2) is 29.3 Å². The van der Waals surface area contributed by atoms with Crippen LogP contribution in [-0.2, 0) is 6.54 Å². The molecule has 2 N–H and O–H groups in total. The fourth-order valence-corrected chi connectivity index (χ4v) is 2.84. The van der Waals surface area contributed by atoms with Gasteiger partial charge in [-0.15, -0.1) is 0 Å². The van der Waals surface area contributed by atoms with Crippen LogP contribution in [0.3, 0.4) is 0 Å². The van der Waals surface area contributed by atoms with E-state index in [2.05, 4.69) is 21.7 Å². The Bertz CT molecular complexity index is 594. The maximum absolute atomic E-state index is 12.7. The molecule has 0 atom stereocenters. The average Bonchev–Trinajstić information content (AvgIpc) is 2.58. The zero-order valence-electron chi connectivity index (χ0n) is 13.5. The van der Waals surface area contributed by atoms with Gasteiger partial charge in [0.2, 0.25) is 0 Å². The summed E-state index contributed by atoms with van der Waals surface area (Å²) in [6, 6.07) is 9.26. The van der Waals surface area contributed by atoms with Crippen LogP contribution in [0.2, 0.25) is 0 Å². The lowest BCUT2D eigenvalue weighted by Crippen LogP contribution is -2.45. The quantitative estimate of drug-likeness (QED) is 0.656. The van der Waals surface area contributed by atoms with Crippen molar-refractivity contribution in [3.05, 3.63) is 35.4 Å². The monoisotopic (exact) mass is 338 g/mol. The van der Waals surface area contributed by atoms with Crippen LogP contribution < -0.4 is 10.6 Å². The van der Waals surface area contributed by atoms with Crippen molar-refractivity contribution in [2.24, 2.45) is 10.9 Å². The van der Waals surface area contributed by atoms with Crippen LogP contribution in [0.1, 0.15) is 36.8 Å². The Kier molecular flexibility index (Phi) is 6.07. The molecule has 1 aliphatic rings. The average molecular weight is 338 g/mol. The molecular weight excluding hydrogens is 317 g/mol. The van der Waals surface area contributed by atoms with Crippen LogP contribution in [0, 0.1) is 17.2 Å². The maximum Gasteiger partial charge on any atom is 0.391 e. The molecule has 1 fully saturated rings.